The molecule has 0 fully saturated rings. The van der Waals surface area contributed by atoms with E-state index in [4.69, 9.17) is 23.2 Å². The molecule has 0 saturated carbocycles. The Balaban J connectivity index is 0.00000151. The Bertz CT molecular complexity index is 693. The zero-order chi connectivity index (χ0) is 19.3. The minimum Gasteiger partial charge on any atom is -0.374 e. The van der Waals surface area contributed by atoms with Gasteiger partial charge in [-0.15, -0.1) is 0 Å². The quantitative estimate of drug-likeness (QED) is 0.688. The molecule has 2 rings (SSSR count). The standard InChI is InChI=1S/C15H13Cl2F3N2O.C2H6/c1-2-5-14(23,15(18,19)20)13-21-7-9(8-22-13)11-4-3-10(16)6-12(11)17;1-2/h3-4,6-8,23H,2,5H2,1H3;1-2H3. The molecule has 1 aromatic heterocycles. The molecule has 0 bridgehead atoms. The molecule has 138 valence electrons. The Labute approximate surface area is 154 Å². The molecule has 0 aliphatic heterocycles. The summed E-state index contributed by atoms with van der Waals surface area (Å²) in [5, 5.41) is 10.7. The Hall–Kier alpha value is -1.37. The molecule has 1 unspecified atom stereocenters. The SMILES string of the molecule is CC.CCCC(O)(c1ncc(-c2ccc(Cl)cc2Cl)cn1)C(F)(F)F. The topological polar surface area (TPSA) is 46.0 Å². The molecule has 0 aliphatic carbocycles. The van der Waals surface area contributed by atoms with E-state index >= 15 is 0 Å². The summed E-state index contributed by atoms with van der Waals surface area (Å²) in [7, 11) is 0. The highest BCUT2D eigenvalue weighted by molar-refractivity contribution is 6.36. The van der Waals surface area contributed by atoms with Crippen molar-refractivity contribution in [1.29, 1.82) is 0 Å². The average Bonchev–Trinajstić information content (AvgIpc) is 2.56. The smallest absolute Gasteiger partial charge is 0.374 e. The van der Waals surface area contributed by atoms with Crippen LogP contribution in [0.25, 0.3) is 11.1 Å². The van der Waals surface area contributed by atoms with Gasteiger partial charge in [0.1, 0.15) is 0 Å². The minimum absolute atomic E-state index is 0.129. The number of hydrogen-bond acceptors (Lipinski definition) is 3. The highest BCUT2D eigenvalue weighted by Crippen LogP contribution is 2.41. The van der Waals surface area contributed by atoms with E-state index in [9.17, 15) is 18.3 Å². The predicted octanol–water partition coefficient (Wildman–Crippen LogP) is 6.03. The molecule has 1 aromatic carbocycles. The second-order valence-corrected chi connectivity index (χ2v) is 5.87. The lowest BCUT2D eigenvalue weighted by atomic mass is 9.96. The van der Waals surface area contributed by atoms with Crippen LogP contribution in [-0.4, -0.2) is 21.3 Å². The van der Waals surface area contributed by atoms with E-state index in [2.05, 4.69) is 9.97 Å². The van der Waals surface area contributed by atoms with Crippen molar-refractivity contribution in [2.45, 2.75) is 45.4 Å². The van der Waals surface area contributed by atoms with Gasteiger partial charge in [-0.1, -0.05) is 56.5 Å². The van der Waals surface area contributed by atoms with Crippen molar-refractivity contribution in [2.75, 3.05) is 0 Å². The number of aromatic nitrogens is 2. The third-order valence-electron chi connectivity index (χ3n) is 3.34. The van der Waals surface area contributed by atoms with Crippen LogP contribution < -0.4 is 0 Å². The van der Waals surface area contributed by atoms with Crippen molar-refractivity contribution in [2.24, 2.45) is 0 Å². The number of rotatable bonds is 4. The van der Waals surface area contributed by atoms with Gasteiger partial charge in [-0.3, -0.25) is 0 Å². The van der Waals surface area contributed by atoms with Crippen LogP contribution in [0.5, 0.6) is 0 Å². The largest absolute Gasteiger partial charge is 0.424 e. The van der Waals surface area contributed by atoms with Crippen LogP contribution in [-0.2, 0) is 5.60 Å². The van der Waals surface area contributed by atoms with Gasteiger partial charge in [-0.2, -0.15) is 13.2 Å². The van der Waals surface area contributed by atoms with E-state index in [-0.39, 0.29) is 6.42 Å². The summed E-state index contributed by atoms with van der Waals surface area (Å²) >= 11 is 11.8. The molecule has 8 heteroatoms. The van der Waals surface area contributed by atoms with Gasteiger partial charge in [0.25, 0.3) is 0 Å². The molecule has 2 aromatic rings. The van der Waals surface area contributed by atoms with E-state index in [0.29, 0.717) is 21.2 Å². The first-order valence-corrected chi connectivity index (χ1v) is 8.51. The van der Waals surface area contributed by atoms with E-state index in [0.717, 1.165) is 0 Å². The van der Waals surface area contributed by atoms with Gasteiger partial charge in [-0.05, 0) is 18.6 Å². The molecule has 3 nitrogen and oxygen atoms in total. The fourth-order valence-electron chi connectivity index (χ4n) is 2.15. The number of benzene rings is 1. The molecule has 0 aliphatic rings. The van der Waals surface area contributed by atoms with Gasteiger partial charge < -0.3 is 5.11 Å². The van der Waals surface area contributed by atoms with Crippen LogP contribution in [0.1, 0.15) is 39.4 Å². The third kappa shape index (κ3) is 4.84. The van der Waals surface area contributed by atoms with Crippen LogP contribution in [0.15, 0.2) is 30.6 Å². The first-order valence-electron chi connectivity index (χ1n) is 7.76. The normalized spacial score (nSPS) is 13.6. The molecule has 1 heterocycles. The average molecular weight is 395 g/mol. The lowest BCUT2D eigenvalue weighted by Crippen LogP contribution is -2.43. The van der Waals surface area contributed by atoms with Crippen molar-refractivity contribution in [3.63, 3.8) is 0 Å². The van der Waals surface area contributed by atoms with Gasteiger partial charge >= 0.3 is 6.18 Å². The van der Waals surface area contributed by atoms with Gasteiger partial charge in [0.05, 0.1) is 0 Å². The van der Waals surface area contributed by atoms with E-state index in [1.54, 1.807) is 19.1 Å². The highest BCUT2D eigenvalue weighted by atomic mass is 35.5. The molecule has 1 N–H and O–H groups in total. The molecule has 25 heavy (non-hydrogen) atoms. The van der Waals surface area contributed by atoms with Crippen LogP contribution >= 0.6 is 23.2 Å². The highest BCUT2D eigenvalue weighted by Gasteiger charge is 2.56. The number of alkyl halides is 3. The van der Waals surface area contributed by atoms with E-state index < -0.39 is 24.0 Å². The number of halogens is 5. The maximum Gasteiger partial charge on any atom is 0.424 e. The monoisotopic (exact) mass is 394 g/mol. The fraction of sp³-hybridized carbons (Fsp3) is 0.412. The second kappa shape index (κ2) is 8.83. The lowest BCUT2D eigenvalue weighted by molar-refractivity contribution is -0.272. The molecule has 0 spiro atoms. The van der Waals surface area contributed by atoms with Crippen LogP contribution in [0.4, 0.5) is 13.2 Å². The summed E-state index contributed by atoms with van der Waals surface area (Å²) in [6.45, 7) is 5.54. The van der Waals surface area contributed by atoms with Crippen molar-refractivity contribution in [3.05, 3.63) is 46.5 Å². The van der Waals surface area contributed by atoms with Crippen LogP contribution in [0, 0.1) is 0 Å². The summed E-state index contributed by atoms with van der Waals surface area (Å²) in [4.78, 5) is 7.41. The first kappa shape index (κ1) is 21.7. The van der Waals surface area contributed by atoms with Gasteiger partial charge in [0, 0.05) is 33.6 Å². The molecular formula is C17H19Cl2F3N2O. The van der Waals surface area contributed by atoms with Crippen LogP contribution in [0.2, 0.25) is 10.0 Å². The number of hydrogen-bond donors (Lipinski definition) is 1. The second-order valence-electron chi connectivity index (χ2n) is 5.03. The van der Waals surface area contributed by atoms with Crippen molar-refractivity contribution in [3.8, 4) is 11.1 Å². The van der Waals surface area contributed by atoms with E-state index in [1.807, 2.05) is 13.8 Å². The van der Waals surface area contributed by atoms with Crippen molar-refractivity contribution >= 4 is 23.2 Å². The molecule has 1 atom stereocenters. The maximum absolute atomic E-state index is 13.1. The Morgan fingerprint density at radius 3 is 2.08 bits per heavy atom. The van der Waals surface area contributed by atoms with Crippen LogP contribution in [0.3, 0.4) is 0 Å². The minimum atomic E-state index is -4.86. The first-order chi connectivity index (χ1) is 11.7. The Morgan fingerprint density at radius 2 is 1.64 bits per heavy atom. The molecule has 0 radical (unpaired) electrons. The zero-order valence-corrected chi connectivity index (χ0v) is 15.5. The van der Waals surface area contributed by atoms with Gasteiger partial charge in [-0.25, -0.2) is 9.97 Å². The zero-order valence-electron chi connectivity index (χ0n) is 14.0. The van der Waals surface area contributed by atoms with Crippen molar-refractivity contribution in [1.82, 2.24) is 9.97 Å². The summed E-state index contributed by atoms with van der Waals surface area (Å²) in [6.07, 6.45) is -2.85. The summed E-state index contributed by atoms with van der Waals surface area (Å²) < 4.78 is 39.4. The molecular weight excluding hydrogens is 376 g/mol. The molecule has 0 amide bonds. The number of nitrogens with zero attached hydrogens (tertiary/aromatic N) is 2. The van der Waals surface area contributed by atoms with Gasteiger partial charge in [0.2, 0.25) is 5.60 Å². The summed E-state index contributed by atoms with van der Waals surface area (Å²) in [6, 6.07) is 4.72. The fourth-order valence-corrected chi connectivity index (χ4v) is 2.66. The number of aliphatic hydroxyl groups is 1. The van der Waals surface area contributed by atoms with Gasteiger partial charge in [0.15, 0.2) is 5.82 Å². The van der Waals surface area contributed by atoms with E-state index in [1.165, 1.54) is 18.5 Å². The Kier molecular flexibility index (Phi) is 7.65. The molecule has 0 saturated heterocycles. The maximum atomic E-state index is 13.1. The van der Waals surface area contributed by atoms with Crippen molar-refractivity contribution < 1.29 is 18.3 Å². The summed E-state index contributed by atoms with van der Waals surface area (Å²) in [5.74, 6) is -0.680. The lowest BCUT2D eigenvalue weighted by Gasteiger charge is -2.28. The third-order valence-corrected chi connectivity index (χ3v) is 3.89. The Morgan fingerprint density at radius 1 is 1.08 bits per heavy atom. The summed E-state index contributed by atoms with van der Waals surface area (Å²) in [5.41, 5.74) is -2.10. The predicted molar refractivity (Wildman–Crippen MR) is 93.7 cm³/mol.